The maximum absolute atomic E-state index is 13.6. The monoisotopic (exact) mass is 251 g/mol. The van der Waals surface area contributed by atoms with Crippen molar-refractivity contribution in [2.24, 2.45) is 5.73 Å². The zero-order valence-electron chi connectivity index (χ0n) is 11.0. The van der Waals surface area contributed by atoms with Gasteiger partial charge in [0.05, 0.1) is 0 Å². The first-order chi connectivity index (χ1) is 8.72. The number of hydrogen-bond donors (Lipinski definition) is 1. The Kier molecular flexibility index (Phi) is 4.55. The molecule has 4 heteroatoms. The summed E-state index contributed by atoms with van der Waals surface area (Å²) in [5.41, 5.74) is 7.16. The lowest BCUT2D eigenvalue weighted by Gasteiger charge is -2.25. The van der Waals surface area contributed by atoms with Crippen molar-refractivity contribution >= 4 is 5.69 Å². The maximum atomic E-state index is 13.6. The molecule has 0 aliphatic carbocycles. The second-order valence-corrected chi connectivity index (χ2v) is 4.91. The molecule has 3 nitrogen and oxygen atoms in total. The smallest absolute Gasteiger partial charge is 0.129 e. The van der Waals surface area contributed by atoms with Gasteiger partial charge in [-0.3, -0.25) is 0 Å². The predicted octanol–water partition coefficient (Wildman–Crippen LogP) is 1.82. The minimum absolute atomic E-state index is 0.206. The lowest BCUT2D eigenvalue weighted by atomic mass is 10.1. The van der Waals surface area contributed by atoms with E-state index >= 15 is 0 Å². The minimum Gasteiger partial charge on any atom is -0.373 e. The van der Waals surface area contributed by atoms with Gasteiger partial charge in [-0.15, -0.1) is 0 Å². The highest BCUT2D eigenvalue weighted by Gasteiger charge is 2.14. The Hall–Kier alpha value is -1.13. The lowest BCUT2D eigenvalue weighted by molar-refractivity contribution is 0.346. The Morgan fingerprint density at radius 3 is 2.72 bits per heavy atom. The van der Waals surface area contributed by atoms with E-state index in [1.54, 1.807) is 6.07 Å². The molecule has 0 bridgehead atoms. The fraction of sp³-hybridized carbons (Fsp3) is 0.571. The zero-order chi connectivity index (χ0) is 13.0. The first-order valence-electron chi connectivity index (χ1n) is 6.63. The SMILES string of the molecule is CN(CCN1CCCC1)c1cccc(F)c1CN. The van der Waals surface area contributed by atoms with Crippen molar-refractivity contribution < 1.29 is 4.39 Å². The summed E-state index contributed by atoms with van der Waals surface area (Å²) >= 11 is 0. The topological polar surface area (TPSA) is 32.5 Å². The molecule has 1 saturated heterocycles. The average Bonchev–Trinajstić information content (AvgIpc) is 2.88. The third-order valence-corrected chi connectivity index (χ3v) is 3.66. The number of benzene rings is 1. The fourth-order valence-corrected chi connectivity index (χ4v) is 2.53. The van der Waals surface area contributed by atoms with Gasteiger partial charge in [-0.2, -0.15) is 0 Å². The predicted molar refractivity (Wildman–Crippen MR) is 73.2 cm³/mol. The number of anilines is 1. The number of nitrogens with zero attached hydrogens (tertiary/aromatic N) is 2. The molecule has 1 aromatic rings. The van der Waals surface area contributed by atoms with Gasteiger partial charge in [-0.25, -0.2) is 4.39 Å². The van der Waals surface area contributed by atoms with Gasteiger partial charge in [-0.1, -0.05) is 6.07 Å². The molecule has 0 radical (unpaired) electrons. The Morgan fingerprint density at radius 2 is 2.06 bits per heavy atom. The molecule has 1 aliphatic heterocycles. The second-order valence-electron chi connectivity index (χ2n) is 4.91. The van der Waals surface area contributed by atoms with Gasteiger partial charge in [0.25, 0.3) is 0 Å². The molecular formula is C14H22FN3. The molecular weight excluding hydrogens is 229 g/mol. The van der Waals surface area contributed by atoms with Crippen molar-refractivity contribution in [1.82, 2.24) is 4.90 Å². The first kappa shape index (κ1) is 13.3. The zero-order valence-corrected chi connectivity index (χ0v) is 11.0. The van der Waals surface area contributed by atoms with E-state index in [0.717, 1.165) is 18.8 Å². The summed E-state index contributed by atoms with van der Waals surface area (Å²) < 4.78 is 13.6. The van der Waals surface area contributed by atoms with Gasteiger partial charge in [-0.05, 0) is 38.1 Å². The highest BCUT2D eigenvalue weighted by Crippen LogP contribution is 2.21. The van der Waals surface area contributed by atoms with Crippen LogP contribution in [0.15, 0.2) is 18.2 Å². The molecule has 0 saturated carbocycles. The third-order valence-electron chi connectivity index (χ3n) is 3.66. The molecule has 1 aliphatic rings. The molecule has 0 aromatic heterocycles. The molecule has 0 atom stereocenters. The number of halogens is 1. The van der Waals surface area contributed by atoms with E-state index in [2.05, 4.69) is 9.80 Å². The Morgan fingerprint density at radius 1 is 1.33 bits per heavy atom. The van der Waals surface area contributed by atoms with Crippen LogP contribution < -0.4 is 10.6 Å². The molecule has 0 spiro atoms. The van der Waals surface area contributed by atoms with Crippen LogP contribution in [0.1, 0.15) is 18.4 Å². The van der Waals surface area contributed by atoms with Crippen molar-refractivity contribution in [2.45, 2.75) is 19.4 Å². The second kappa shape index (κ2) is 6.16. The Balaban J connectivity index is 1.99. The molecule has 1 heterocycles. The number of hydrogen-bond acceptors (Lipinski definition) is 3. The molecule has 2 N–H and O–H groups in total. The van der Waals surface area contributed by atoms with E-state index < -0.39 is 0 Å². The highest BCUT2D eigenvalue weighted by atomic mass is 19.1. The average molecular weight is 251 g/mol. The normalized spacial score (nSPS) is 16.2. The van der Waals surface area contributed by atoms with Gasteiger partial charge < -0.3 is 15.5 Å². The van der Waals surface area contributed by atoms with Crippen LogP contribution in [0, 0.1) is 5.82 Å². The molecule has 100 valence electrons. The number of rotatable bonds is 5. The van der Waals surface area contributed by atoms with Gasteiger partial charge in [0, 0.05) is 37.9 Å². The summed E-state index contributed by atoms with van der Waals surface area (Å²) in [4.78, 5) is 4.56. The van der Waals surface area contributed by atoms with E-state index in [9.17, 15) is 4.39 Å². The molecule has 0 unspecified atom stereocenters. The summed E-state index contributed by atoms with van der Waals surface area (Å²) in [5.74, 6) is -0.206. The van der Waals surface area contributed by atoms with Crippen molar-refractivity contribution in [3.63, 3.8) is 0 Å². The van der Waals surface area contributed by atoms with Crippen LogP contribution in [-0.2, 0) is 6.54 Å². The van der Waals surface area contributed by atoms with Crippen molar-refractivity contribution in [3.8, 4) is 0 Å². The maximum Gasteiger partial charge on any atom is 0.129 e. The summed E-state index contributed by atoms with van der Waals surface area (Å²) in [6.07, 6.45) is 2.61. The van der Waals surface area contributed by atoms with Crippen LogP contribution in [-0.4, -0.2) is 38.1 Å². The quantitative estimate of drug-likeness (QED) is 0.866. The van der Waals surface area contributed by atoms with Crippen LogP contribution in [0.4, 0.5) is 10.1 Å². The summed E-state index contributed by atoms with van der Waals surface area (Å²) in [6.45, 7) is 4.59. The van der Waals surface area contributed by atoms with E-state index in [1.807, 2.05) is 13.1 Å². The lowest BCUT2D eigenvalue weighted by Crippen LogP contribution is -2.32. The van der Waals surface area contributed by atoms with Crippen molar-refractivity contribution in [3.05, 3.63) is 29.6 Å². The Labute approximate surface area is 108 Å². The van der Waals surface area contributed by atoms with Gasteiger partial charge >= 0.3 is 0 Å². The molecule has 1 fully saturated rings. The van der Waals surface area contributed by atoms with Gasteiger partial charge in [0.2, 0.25) is 0 Å². The third kappa shape index (κ3) is 3.00. The van der Waals surface area contributed by atoms with Crippen LogP contribution in [0.5, 0.6) is 0 Å². The van der Waals surface area contributed by atoms with Gasteiger partial charge in [0.1, 0.15) is 5.82 Å². The van der Waals surface area contributed by atoms with E-state index in [4.69, 9.17) is 5.73 Å². The van der Waals surface area contributed by atoms with Crippen molar-refractivity contribution in [2.75, 3.05) is 38.1 Å². The largest absolute Gasteiger partial charge is 0.373 e. The van der Waals surface area contributed by atoms with Crippen LogP contribution in [0.25, 0.3) is 0 Å². The molecule has 0 amide bonds. The molecule has 2 rings (SSSR count). The van der Waals surface area contributed by atoms with Crippen molar-refractivity contribution in [1.29, 1.82) is 0 Å². The summed E-state index contributed by atoms with van der Waals surface area (Å²) in [5, 5.41) is 0. The van der Waals surface area contributed by atoms with E-state index in [1.165, 1.54) is 32.0 Å². The fourth-order valence-electron chi connectivity index (χ4n) is 2.53. The Bertz CT molecular complexity index is 389. The number of nitrogens with two attached hydrogens (primary N) is 1. The first-order valence-corrected chi connectivity index (χ1v) is 6.63. The highest BCUT2D eigenvalue weighted by molar-refractivity contribution is 5.53. The standard InChI is InChI=1S/C14H22FN3/c1-17(9-10-18-7-2-3-8-18)14-6-4-5-13(15)12(14)11-16/h4-6H,2-3,7-11,16H2,1H3. The molecule has 18 heavy (non-hydrogen) atoms. The van der Waals surface area contributed by atoms with E-state index in [-0.39, 0.29) is 12.4 Å². The van der Waals surface area contributed by atoms with Gasteiger partial charge in [0.15, 0.2) is 0 Å². The summed E-state index contributed by atoms with van der Waals surface area (Å²) in [6, 6.07) is 5.16. The summed E-state index contributed by atoms with van der Waals surface area (Å²) in [7, 11) is 2.00. The van der Waals surface area contributed by atoms with E-state index in [0.29, 0.717) is 5.56 Å². The molecule has 1 aromatic carbocycles. The van der Waals surface area contributed by atoms with Crippen LogP contribution in [0.3, 0.4) is 0 Å². The number of likely N-dealkylation sites (tertiary alicyclic amines) is 1. The minimum atomic E-state index is -0.206. The van der Waals surface area contributed by atoms with Crippen LogP contribution in [0.2, 0.25) is 0 Å². The number of likely N-dealkylation sites (N-methyl/N-ethyl adjacent to an activating group) is 1. The van der Waals surface area contributed by atoms with Crippen LogP contribution >= 0.6 is 0 Å².